The summed E-state index contributed by atoms with van der Waals surface area (Å²) in [6, 6.07) is 10.2. The highest BCUT2D eigenvalue weighted by atomic mass is 127. The Morgan fingerprint density at radius 2 is 1.92 bits per heavy atom. The number of halogens is 2. The van der Waals surface area contributed by atoms with E-state index in [1.165, 1.54) is 13.3 Å². The lowest BCUT2D eigenvalue weighted by molar-refractivity contribution is -0.139. The molecule has 0 aliphatic rings. The maximum absolute atomic E-state index is 12.3. The first-order valence-electron chi connectivity index (χ1n) is 11.0. The maximum atomic E-state index is 12.3. The summed E-state index contributed by atoms with van der Waals surface area (Å²) in [5.41, 5.74) is 3.24. The van der Waals surface area contributed by atoms with Crippen LogP contribution in [0, 0.1) is 3.57 Å². The van der Waals surface area contributed by atoms with E-state index in [9.17, 15) is 14.4 Å². The summed E-state index contributed by atoms with van der Waals surface area (Å²) in [6.45, 7) is 4.38. The van der Waals surface area contributed by atoms with E-state index >= 15 is 0 Å². The topological polar surface area (TPSA) is 127 Å². The largest absolute Gasteiger partial charge is 0.493 e. The fraction of sp³-hybridized carbons (Fsp3) is 0.333. The molecule has 2 aromatic carbocycles. The van der Waals surface area contributed by atoms with Crippen molar-refractivity contribution >= 4 is 63.8 Å². The number of anilines is 1. The molecule has 0 heterocycles. The molecule has 0 spiro atoms. The van der Waals surface area contributed by atoms with Gasteiger partial charge >= 0.3 is 11.8 Å². The van der Waals surface area contributed by atoms with E-state index in [1.54, 1.807) is 36.4 Å². The van der Waals surface area contributed by atoms with Crippen LogP contribution in [0.5, 0.6) is 11.5 Å². The van der Waals surface area contributed by atoms with E-state index in [0.717, 1.165) is 0 Å². The Balaban J connectivity index is 1.89. The van der Waals surface area contributed by atoms with E-state index in [2.05, 4.69) is 21.2 Å². The molecule has 2 aromatic rings. The number of para-hydroxylation sites is 1. The van der Waals surface area contributed by atoms with Gasteiger partial charge in [-0.1, -0.05) is 23.7 Å². The third-order valence-corrected chi connectivity index (χ3v) is 5.52. The van der Waals surface area contributed by atoms with Crippen LogP contribution >= 0.6 is 34.2 Å². The number of hydrazone groups is 1. The quantitative estimate of drug-likeness (QED) is 0.109. The molecule has 0 aliphatic carbocycles. The van der Waals surface area contributed by atoms with Gasteiger partial charge in [0.25, 0.3) is 5.91 Å². The molecular weight excluding hydrogens is 603 g/mol. The third-order valence-electron chi connectivity index (χ3n) is 4.39. The lowest BCUT2D eigenvalue weighted by Crippen LogP contribution is -2.38. The maximum Gasteiger partial charge on any atom is 0.329 e. The number of amides is 3. The molecule has 0 bridgehead atoms. The van der Waals surface area contributed by atoms with Gasteiger partial charge in [-0.05, 0) is 72.7 Å². The van der Waals surface area contributed by atoms with Crippen LogP contribution in [0.1, 0.15) is 25.8 Å². The minimum Gasteiger partial charge on any atom is -0.493 e. The standard InChI is InChI=1S/C24H28ClIN4O6/c1-15(2)35-10-6-9-27-23(32)24(33)30-28-13-16-11-18(26)22(20(12-16)34-3)36-14-21(31)29-19-8-5-4-7-17(19)25/h4-5,7-8,11-13,15H,6,9-10,14H2,1-3H3,(H,27,32)(H,29,31)(H,30,33)/b28-13-. The van der Waals surface area contributed by atoms with Crippen LogP contribution < -0.4 is 25.5 Å². The van der Waals surface area contributed by atoms with Gasteiger partial charge in [0.1, 0.15) is 0 Å². The summed E-state index contributed by atoms with van der Waals surface area (Å²) in [5.74, 6) is -1.33. The molecule has 0 radical (unpaired) electrons. The Hall–Kier alpha value is -2.90. The number of nitrogens with one attached hydrogen (secondary N) is 3. The molecule has 10 nitrogen and oxygen atoms in total. The van der Waals surface area contributed by atoms with Crippen molar-refractivity contribution in [2.75, 3.05) is 32.2 Å². The van der Waals surface area contributed by atoms with Crippen LogP contribution in [0.3, 0.4) is 0 Å². The molecule has 0 saturated carbocycles. The Morgan fingerprint density at radius 1 is 1.17 bits per heavy atom. The number of ether oxygens (including phenoxy) is 3. The van der Waals surface area contributed by atoms with Gasteiger partial charge in [0.05, 0.1) is 33.7 Å². The molecule has 0 fully saturated rings. The predicted molar refractivity (Wildman–Crippen MR) is 146 cm³/mol. The summed E-state index contributed by atoms with van der Waals surface area (Å²) < 4.78 is 17.1. The van der Waals surface area contributed by atoms with E-state index in [1.807, 2.05) is 36.4 Å². The van der Waals surface area contributed by atoms with Crippen molar-refractivity contribution in [3.8, 4) is 11.5 Å². The smallest absolute Gasteiger partial charge is 0.329 e. The summed E-state index contributed by atoms with van der Waals surface area (Å²) >= 11 is 8.09. The lowest BCUT2D eigenvalue weighted by Gasteiger charge is -2.14. The van der Waals surface area contributed by atoms with Gasteiger partial charge in [0.15, 0.2) is 18.1 Å². The first-order chi connectivity index (χ1) is 17.2. The van der Waals surface area contributed by atoms with Gasteiger partial charge in [0.2, 0.25) is 0 Å². The Kier molecular flexibility index (Phi) is 12.4. The Morgan fingerprint density at radius 3 is 2.61 bits per heavy atom. The first-order valence-corrected chi connectivity index (χ1v) is 12.4. The van der Waals surface area contributed by atoms with Gasteiger partial charge in [-0.25, -0.2) is 5.43 Å². The van der Waals surface area contributed by atoms with Crippen LogP contribution in [0.25, 0.3) is 0 Å². The van der Waals surface area contributed by atoms with Crippen LogP contribution in [0.4, 0.5) is 5.69 Å². The molecule has 0 unspecified atom stereocenters. The van der Waals surface area contributed by atoms with Crippen molar-refractivity contribution in [3.63, 3.8) is 0 Å². The number of hydrogen-bond acceptors (Lipinski definition) is 7. The molecule has 3 N–H and O–H groups in total. The SMILES string of the molecule is COc1cc(/C=N\NC(=O)C(=O)NCCCOC(C)C)cc(I)c1OCC(=O)Nc1ccccc1Cl. The van der Waals surface area contributed by atoms with E-state index in [4.69, 9.17) is 25.8 Å². The van der Waals surface area contributed by atoms with Gasteiger partial charge in [-0.3, -0.25) is 14.4 Å². The van der Waals surface area contributed by atoms with Gasteiger partial charge < -0.3 is 24.8 Å². The van der Waals surface area contributed by atoms with E-state index in [0.29, 0.717) is 50.9 Å². The second-order valence-electron chi connectivity index (χ2n) is 7.58. The second kappa shape index (κ2) is 15.3. The number of rotatable bonds is 12. The lowest BCUT2D eigenvalue weighted by atomic mass is 10.2. The third kappa shape index (κ3) is 9.99. The molecule has 2 rings (SSSR count). The molecule has 0 atom stereocenters. The minimum atomic E-state index is -0.887. The van der Waals surface area contributed by atoms with E-state index < -0.39 is 11.8 Å². The second-order valence-corrected chi connectivity index (χ2v) is 9.15. The monoisotopic (exact) mass is 630 g/mol. The number of carbonyl (C=O) groups is 3. The Labute approximate surface area is 228 Å². The molecule has 3 amide bonds. The predicted octanol–water partition coefficient (Wildman–Crippen LogP) is 3.35. The molecule has 0 aliphatic heterocycles. The van der Waals surface area contributed by atoms with Crippen LogP contribution in [0.15, 0.2) is 41.5 Å². The minimum absolute atomic E-state index is 0.111. The van der Waals surface area contributed by atoms with Crippen LogP contribution in [-0.2, 0) is 19.1 Å². The number of nitrogens with zero attached hydrogens (tertiary/aromatic N) is 1. The van der Waals surface area contributed by atoms with Crippen LogP contribution in [0.2, 0.25) is 5.02 Å². The van der Waals surface area contributed by atoms with Gasteiger partial charge in [-0.15, -0.1) is 0 Å². The van der Waals surface area contributed by atoms with Crippen molar-refractivity contribution in [2.45, 2.75) is 26.4 Å². The van der Waals surface area contributed by atoms with Gasteiger partial charge in [-0.2, -0.15) is 5.10 Å². The van der Waals surface area contributed by atoms with Crippen molar-refractivity contribution in [1.29, 1.82) is 0 Å². The average molecular weight is 631 g/mol. The fourth-order valence-electron chi connectivity index (χ4n) is 2.73. The number of benzene rings is 2. The summed E-state index contributed by atoms with van der Waals surface area (Å²) in [5, 5.41) is 9.42. The number of hydrogen-bond donors (Lipinski definition) is 3. The zero-order valence-electron chi connectivity index (χ0n) is 20.1. The summed E-state index contributed by atoms with van der Waals surface area (Å²) in [7, 11) is 1.46. The van der Waals surface area contributed by atoms with Crippen molar-refractivity contribution in [1.82, 2.24) is 10.7 Å². The highest BCUT2D eigenvalue weighted by Crippen LogP contribution is 2.33. The highest BCUT2D eigenvalue weighted by Gasteiger charge is 2.15. The Bertz CT molecular complexity index is 1100. The summed E-state index contributed by atoms with van der Waals surface area (Å²) in [6.07, 6.45) is 2.06. The number of carbonyl (C=O) groups excluding carboxylic acids is 3. The normalized spacial score (nSPS) is 10.8. The van der Waals surface area contributed by atoms with Gasteiger partial charge in [0, 0.05) is 13.2 Å². The van der Waals surface area contributed by atoms with Crippen LogP contribution in [-0.4, -0.2) is 56.9 Å². The molecule has 194 valence electrons. The fourth-order valence-corrected chi connectivity index (χ4v) is 3.69. The van der Waals surface area contributed by atoms with Crippen molar-refractivity contribution < 1.29 is 28.6 Å². The zero-order valence-corrected chi connectivity index (χ0v) is 23.0. The van der Waals surface area contributed by atoms with Crippen molar-refractivity contribution in [2.24, 2.45) is 5.10 Å². The molecule has 0 saturated heterocycles. The molecular formula is C24H28ClIN4O6. The van der Waals surface area contributed by atoms with Crippen molar-refractivity contribution in [3.05, 3.63) is 50.6 Å². The molecule has 12 heteroatoms. The zero-order chi connectivity index (χ0) is 26.5. The first kappa shape index (κ1) is 29.3. The molecule has 36 heavy (non-hydrogen) atoms. The van der Waals surface area contributed by atoms with E-state index in [-0.39, 0.29) is 18.6 Å². The average Bonchev–Trinajstić information content (AvgIpc) is 2.83. The molecule has 0 aromatic heterocycles. The summed E-state index contributed by atoms with van der Waals surface area (Å²) in [4.78, 5) is 36.0. The number of methoxy groups -OCH3 is 1. The highest BCUT2D eigenvalue weighted by molar-refractivity contribution is 14.1.